The Balaban J connectivity index is 1.76. The fourth-order valence-electron chi connectivity index (χ4n) is 2.31. The lowest BCUT2D eigenvalue weighted by atomic mass is 10.3. The Bertz CT molecular complexity index is 901. The molecule has 0 saturated carbocycles. The van der Waals surface area contributed by atoms with Crippen LogP contribution in [0.25, 0.3) is 5.69 Å². The monoisotopic (exact) mass is 363 g/mol. The zero-order valence-electron chi connectivity index (χ0n) is 12.9. The van der Waals surface area contributed by atoms with Crippen molar-refractivity contribution < 1.29 is 4.74 Å². The molecule has 1 aromatic heterocycles. The number of aromatic nitrogens is 3. The number of para-hydroxylation sites is 1. The van der Waals surface area contributed by atoms with Gasteiger partial charge in [0.2, 0.25) is 0 Å². The van der Waals surface area contributed by atoms with E-state index in [9.17, 15) is 4.79 Å². The summed E-state index contributed by atoms with van der Waals surface area (Å²) in [5, 5.41) is 5.44. The summed E-state index contributed by atoms with van der Waals surface area (Å²) in [5.41, 5.74) is 0.441. The van der Waals surface area contributed by atoms with Gasteiger partial charge in [0.25, 0.3) is 0 Å². The number of ether oxygens (including phenoxy) is 1. The minimum atomic E-state index is -0.224. The van der Waals surface area contributed by atoms with Gasteiger partial charge in [-0.15, -0.1) is 0 Å². The fraction of sp³-hybridized carbons (Fsp3) is 0.176. The lowest BCUT2D eigenvalue weighted by Gasteiger charge is -2.08. The van der Waals surface area contributed by atoms with Crippen LogP contribution in [-0.4, -0.2) is 21.0 Å². The first-order valence-electron chi connectivity index (χ1n) is 7.36. The molecule has 0 atom stereocenters. The van der Waals surface area contributed by atoms with Crippen molar-refractivity contribution in [2.45, 2.75) is 13.5 Å². The molecule has 0 aliphatic heterocycles. The SMILES string of the molecule is Cc1nn(-c2ccc(Cl)cc2)c(=O)n1CCOc1ccccc1Cl. The third-order valence-corrected chi connectivity index (χ3v) is 4.09. The van der Waals surface area contributed by atoms with Gasteiger partial charge in [0.15, 0.2) is 0 Å². The second kappa shape index (κ2) is 7.11. The molecule has 0 fully saturated rings. The first-order valence-corrected chi connectivity index (χ1v) is 8.11. The average molecular weight is 364 g/mol. The fourth-order valence-corrected chi connectivity index (χ4v) is 2.63. The molecule has 0 spiro atoms. The Morgan fingerprint density at radius 3 is 2.50 bits per heavy atom. The lowest BCUT2D eigenvalue weighted by Crippen LogP contribution is -2.26. The number of aryl methyl sites for hydroxylation is 1. The van der Waals surface area contributed by atoms with Gasteiger partial charge in [-0.3, -0.25) is 4.57 Å². The van der Waals surface area contributed by atoms with Crippen LogP contribution in [0.3, 0.4) is 0 Å². The maximum atomic E-state index is 12.5. The van der Waals surface area contributed by atoms with E-state index in [-0.39, 0.29) is 5.69 Å². The van der Waals surface area contributed by atoms with E-state index >= 15 is 0 Å². The molecule has 0 N–H and O–H groups in total. The number of rotatable bonds is 5. The van der Waals surface area contributed by atoms with E-state index in [1.54, 1.807) is 47.9 Å². The molecule has 0 unspecified atom stereocenters. The second-order valence-corrected chi connectivity index (χ2v) is 5.99. The van der Waals surface area contributed by atoms with E-state index in [2.05, 4.69) is 5.10 Å². The summed E-state index contributed by atoms with van der Waals surface area (Å²) in [5.74, 6) is 1.20. The maximum absolute atomic E-state index is 12.5. The van der Waals surface area contributed by atoms with Crippen LogP contribution in [0.4, 0.5) is 0 Å². The Morgan fingerprint density at radius 1 is 1.08 bits per heavy atom. The predicted molar refractivity (Wildman–Crippen MR) is 94.5 cm³/mol. The minimum Gasteiger partial charge on any atom is -0.490 e. The largest absolute Gasteiger partial charge is 0.490 e. The van der Waals surface area contributed by atoms with Gasteiger partial charge in [-0.2, -0.15) is 9.78 Å². The summed E-state index contributed by atoms with van der Waals surface area (Å²) in [6.45, 7) is 2.48. The van der Waals surface area contributed by atoms with Gasteiger partial charge in [-0.05, 0) is 43.3 Å². The van der Waals surface area contributed by atoms with Crippen molar-refractivity contribution in [3.63, 3.8) is 0 Å². The molecule has 24 heavy (non-hydrogen) atoms. The van der Waals surface area contributed by atoms with Crippen LogP contribution in [0.2, 0.25) is 10.0 Å². The third kappa shape index (κ3) is 3.47. The summed E-state index contributed by atoms with van der Waals surface area (Å²) in [6, 6.07) is 14.2. The molecule has 1 heterocycles. The standard InChI is InChI=1S/C17H15Cl2N3O2/c1-12-20-22(14-8-6-13(18)7-9-14)17(23)21(12)10-11-24-16-5-3-2-4-15(16)19/h2-9H,10-11H2,1H3. The van der Waals surface area contributed by atoms with Crippen molar-refractivity contribution in [3.05, 3.63) is 74.9 Å². The molecule has 124 valence electrons. The van der Waals surface area contributed by atoms with Gasteiger partial charge in [0.05, 0.1) is 17.3 Å². The van der Waals surface area contributed by atoms with Gasteiger partial charge < -0.3 is 4.74 Å². The second-order valence-electron chi connectivity index (χ2n) is 5.15. The van der Waals surface area contributed by atoms with Crippen LogP contribution in [0.15, 0.2) is 53.3 Å². The summed E-state index contributed by atoms with van der Waals surface area (Å²) in [6.07, 6.45) is 0. The molecule has 7 heteroatoms. The molecule has 0 aliphatic rings. The number of hydrogen-bond donors (Lipinski definition) is 0. The molecule has 0 aliphatic carbocycles. The Labute approximate surface area is 149 Å². The highest BCUT2D eigenvalue weighted by Crippen LogP contribution is 2.22. The highest BCUT2D eigenvalue weighted by Gasteiger charge is 2.11. The zero-order valence-corrected chi connectivity index (χ0v) is 14.5. The van der Waals surface area contributed by atoms with Crippen molar-refractivity contribution >= 4 is 23.2 Å². The van der Waals surface area contributed by atoms with Crippen LogP contribution in [0.1, 0.15) is 5.82 Å². The van der Waals surface area contributed by atoms with Crippen LogP contribution in [0.5, 0.6) is 5.75 Å². The maximum Gasteiger partial charge on any atom is 0.350 e. The molecule has 0 bridgehead atoms. The summed E-state index contributed by atoms with van der Waals surface area (Å²) >= 11 is 11.9. The van der Waals surface area contributed by atoms with Gasteiger partial charge in [-0.25, -0.2) is 4.79 Å². The van der Waals surface area contributed by atoms with Gasteiger partial charge >= 0.3 is 5.69 Å². The molecule has 3 rings (SSSR count). The number of benzene rings is 2. The van der Waals surface area contributed by atoms with E-state index in [4.69, 9.17) is 27.9 Å². The zero-order chi connectivity index (χ0) is 17.1. The van der Waals surface area contributed by atoms with Crippen molar-refractivity contribution in [2.75, 3.05) is 6.61 Å². The summed E-state index contributed by atoms with van der Waals surface area (Å²) < 4.78 is 8.54. The first kappa shape index (κ1) is 16.6. The quantitative estimate of drug-likeness (QED) is 0.693. The van der Waals surface area contributed by atoms with Crippen LogP contribution in [0, 0.1) is 6.92 Å². The minimum absolute atomic E-state index is 0.224. The van der Waals surface area contributed by atoms with E-state index in [0.717, 1.165) is 0 Å². The van der Waals surface area contributed by atoms with Gasteiger partial charge in [0, 0.05) is 5.02 Å². The topological polar surface area (TPSA) is 49.0 Å². The normalized spacial score (nSPS) is 10.8. The van der Waals surface area contributed by atoms with E-state index in [1.165, 1.54) is 4.68 Å². The highest BCUT2D eigenvalue weighted by molar-refractivity contribution is 6.32. The van der Waals surface area contributed by atoms with E-state index < -0.39 is 0 Å². The van der Waals surface area contributed by atoms with Crippen LogP contribution >= 0.6 is 23.2 Å². The highest BCUT2D eigenvalue weighted by atomic mass is 35.5. The molecular formula is C17H15Cl2N3O2. The Kier molecular flexibility index (Phi) is 4.92. The van der Waals surface area contributed by atoms with Crippen LogP contribution in [-0.2, 0) is 6.54 Å². The van der Waals surface area contributed by atoms with E-state index in [1.807, 2.05) is 12.1 Å². The molecule has 3 aromatic rings. The first-order chi connectivity index (χ1) is 11.6. The molecule has 5 nitrogen and oxygen atoms in total. The third-order valence-electron chi connectivity index (χ3n) is 3.53. The Morgan fingerprint density at radius 2 is 1.79 bits per heavy atom. The molecule has 0 radical (unpaired) electrons. The molecule has 0 amide bonds. The van der Waals surface area contributed by atoms with Crippen molar-refractivity contribution in [2.24, 2.45) is 0 Å². The predicted octanol–water partition coefficient (Wildman–Crippen LogP) is 3.73. The van der Waals surface area contributed by atoms with Crippen molar-refractivity contribution in [3.8, 4) is 11.4 Å². The average Bonchev–Trinajstić information content (AvgIpc) is 2.85. The van der Waals surface area contributed by atoms with Crippen molar-refractivity contribution in [1.29, 1.82) is 0 Å². The van der Waals surface area contributed by atoms with Gasteiger partial charge in [0.1, 0.15) is 18.2 Å². The molecular weight excluding hydrogens is 349 g/mol. The van der Waals surface area contributed by atoms with E-state index in [0.29, 0.717) is 40.5 Å². The molecule has 0 saturated heterocycles. The van der Waals surface area contributed by atoms with Crippen LogP contribution < -0.4 is 10.4 Å². The number of hydrogen-bond acceptors (Lipinski definition) is 3. The molecule has 2 aromatic carbocycles. The summed E-state index contributed by atoms with van der Waals surface area (Å²) in [4.78, 5) is 12.5. The Hall–Kier alpha value is -2.24. The lowest BCUT2D eigenvalue weighted by molar-refractivity contribution is 0.295. The number of nitrogens with zero attached hydrogens (tertiary/aromatic N) is 3. The number of halogens is 2. The van der Waals surface area contributed by atoms with Crippen molar-refractivity contribution in [1.82, 2.24) is 14.3 Å². The smallest absolute Gasteiger partial charge is 0.350 e. The summed E-state index contributed by atoms with van der Waals surface area (Å²) in [7, 11) is 0. The van der Waals surface area contributed by atoms with Gasteiger partial charge in [-0.1, -0.05) is 35.3 Å².